The molecular weight excluding hydrogens is 559 g/mol. The van der Waals surface area contributed by atoms with Crippen LogP contribution in [-0.4, -0.2) is 67.2 Å². The molecular formula is C32H32F3N5O3. The van der Waals surface area contributed by atoms with Gasteiger partial charge in [0.15, 0.2) is 11.5 Å². The molecule has 224 valence electrons. The van der Waals surface area contributed by atoms with E-state index in [1.54, 1.807) is 31.4 Å². The number of ether oxygens (including phenoxy) is 2. The molecule has 3 N–H and O–H groups in total. The van der Waals surface area contributed by atoms with E-state index in [0.29, 0.717) is 45.9 Å². The molecule has 2 saturated heterocycles. The number of alkyl halides is 3. The van der Waals surface area contributed by atoms with Gasteiger partial charge in [-0.05, 0) is 35.7 Å². The van der Waals surface area contributed by atoms with E-state index in [9.17, 15) is 18.0 Å². The molecule has 0 radical (unpaired) electrons. The van der Waals surface area contributed by atoms with Crippen LogP contribution in [0.25, 0.3) is 22.2 Å². The van der Waals surface area contributed by atoms with Gasteiger partial charge in [-0.15, -0.1) is 0 Å². The summed E-state index contributed by atoms with van der Waals surface area (Å²) in [5.74, 6) is -0.392. The molecule has 6 rings (SSSR count). The fourth-order valence-electron chi connectivity index (χ4n) is 6.02. The van der Waals surface area contributed by atoms with Gasteiger partial charge in [0.1, 0.15) is 6.33 Å². The van der Waals surface area contributed by atoms with Gasteiger partial charge in [0.2, 0.25) is 5.91 Å². The Bertz CT molecular complexity index is 1610. The first-order valence-electron chi connectivity index (χ1n) is 14.1. The fraction of sp³-hybridized carbons (Fsp3) is 0.344. The van der Waals surface area contributed by atoms with Crippen LogP contribution in [0, 0.1) is 5.41 Å². The number of halogens is 3. The minimum absolute atomic E-state index is 0.377. The zero-order valence-corrected chi connectivity index (χ0v) is 23.7. The quantitative estimate of drug-likeness (QED) is 0.260. The maximum atomic E-state index is 13.0. The first-order valence-corrected chi connectivity index (χ1v) is 14.1. The normalized spacial score (nSPS) is 16.8. The van der Waals surface area contributed by atoms with Crippen LogP contribution < -0.4 is 20.5 Å². The minimum atomic E-state index is -4.47. The Kier molecular flexibility index (Phi) is 7.70. The van der Waals surface area contributed by atoms with E-state index in [1.165, 1.54) is 18.5 Å². The van der Waals surface area contributed by atoms with E-state index in [-0.39, 0.29) is 0 Å². The number of methoxy groups -OCH3 is 1. The van der Waals surface area contributed by atoms with E-state index in [4.69, 9.17) is 15.2 Å². The third-order valence-corrected chi connectivity index (χ3v) is 8.29. The van der Waals surface area contributed by atoms with Crippen molar-refractivity contribution in [2.75, 3.05) is 46.4 Å². The molecule has 0 saturated carbocycles. The highest BCUT2D eigenvalue weighted by atomic mass is 19.4. The predicted molar refractivity (Wildman–Crippen MR) is 156 cm³/mol. The van der Waals surface area contributed by atoms with Crippen molar-refractivity contribution < 1.29 is 27.4 Å². The number of carbonyl (C=O) groups excluding carboxylic acids is 1. The molecule has 1 atom stereocenters. The van der Waals surface area contributed by atoms with Crippen molar-refractivity contribution in [3.8, 4) is 22.8 Å². The summed E-state index contributed by atoms with van der Waals surface area (Å²) in [6.45, 7) is 6.10. The second kappa shape index (κ2) is 11.5. The highest BCUT2D eigenvalue weighted by Crippen LogP contribution is 2.37. The third kappa shape index (κ3) is 5.87. The van der Waals surface area contributed by atoms with Gasteiger partial charge in [0.05, 0.1) is 36.4 Å². The smallest absolute Gasteiger partial charge is 0.416 e. The summed E-state index contributed by atoms with van der Waals surface area (Å²) in [6, 6.07) is 15.2. The van der Waals surface area contributed by atoms with Crippen LogP contribution in [0.3, 0.4) is 0 Å². The van der Waals surface area contributed by atoms with E-state index >= 15 is 0 Å². The van der Waals surface area contributed by atoms with Gasteiger partial charge in [0.25, 0.3) is 0 Å². The van der Waals surface area contributed by atoms with Crippen molar-refractivity contribution >= 4 is 16.8 Å². The molecule has 43 heavy (non-hydrogen) atoms. The highest BCUT2D eigenvalue weighted by Gasteiger charge is 2.46. The molecule has 1 aromatic heterocycles. The van der Waals surface area contributed by atoms with Crippen molar-refractivity contribution in [3.63, 3.8) is 0 Å². The number of nitrogens with one attached hydrogen (secondary N) is 1. The Hall–Kier alpha value is -4.22. The number of hydrogen-bond donors (Lipinski definition) is 2. The molecule has 11 heteroatoms. The third-order valence-electron chi connectivity index (χ3n) is 8.29. The first kappa shape index (κ1) is 28.9. The highest BCUT2D eigenvalue weighted by molar-refractivity contribution is 5.94. The average molecular weight is 592 g/mol. The maximum absolute atomic E-state index is 13.0. The van der Waals surface area contributed by atoms with Crippen LogP contribution in [0.15, 0.2) is 67.0 Å². The molecule has 3 heterocycles. The van der Waals surface area contributed by atoms with Gasteiger partial charge < -0.3 is 25.4 Å². The summed E-state index contributed by atoms with van der Waals surface area (Å²) in [5.41, 5.74) is 8.42. The number of primary amides is 1. The summed E-state index contributed by atoms with van der Waals surface area (Å²) in [5, 5.41) is 4.11. The summed E-state index contributed by atoms with van der Waals surface area (Å²) in [6.07, 6.45) is -2.08. The predicted octanol–water partition coefficient (Wildman–Crippen LogP) is 4.62. The number of rotatable bonds is 10. The topological polar surface area (TPSA) is 103 Å². The van der Waals surface area contributed by atoms with E-state index < -0.39 is 23.6 Å². The SMILES string of the molecule is COc1cc2c(-c3ccc(C(C(N)=O)c4ccc(C(F)(F)F)cc4)cc3)ncnc2cc1OCCCN1CC2(CNC2)C1. The van der Waals surface area contributed by atoms with Crippen molar-refractivity contribution in [2.24, 2.45) is 11.1 Å². The molecule has 4 aromatic rings. The maximum Gasteiger partial charge on any atom is 0.416 e. The van der Waals surface area contributed by atoms with Crippen molar-refractivity contribution in [2.45, 2.75) is 18.5 Å². The van der Waals surface area contributed by atoms with Crippen molar-refractivity contribution in [3.05, 3.63) is 83.7 Å². The summed E-state index contributed by atoms with van der Waals surface area (Å²) in [4.78, 5) is 23.8. The van der Waals surface area contributed by atoms with Crippen LogP contribution in [0.4, 0.5) is 13.2 Å². The number of nitrogens with zero attached hydrogens (tertiary/aromatic N) is 3. The van der Waals surface area contributed by atoms with E-state index in [1.807, 2.05) is 12.1 Å². The average Bonchev–Trinajstić information content (AvgIpc) is 2.94. The lowest BCUT2D eigenvalue weighted by molar-refractivity contribution is -0.137. The summed E-state index contributed by atoms with van der Waals surface area (Å²) < 4.78 is 50.8. The number of aromatic nitrogens is 2. The van der Waals surface area contributed by atoms with E-state index in [0.717, 1.165) is 62.2 Å². The molecule has 8 nitrogen and oxygen atoms in total. The second-order valence-electron chi connectivity index (χ2n) is 11.3. The van der Waals surface area contributed by atoms with Gasteiger partial charge in [-0.25, -0.2) is 9.97 Å². The monoisotopic (exact) mass is 591 g/mol. The lowest BCUT2D eigenvalue weighted by Gasteiger charge is -2.56. The number of fused-ring (bicyclic) bond motifs is 1. The first-order chi connectivity index (χ1) is 20.7. The van der Waals surface area contributed by atoms with Crippen molar-refractivity contribution in [1.29, 1.82) is 0 Å². The standard InChI is InChI=1S/C32H32F3N5O3/c1-42-26-13-24-25(14-27(26)43-12-2-11-40-17-31(18-40)15-37-16-31)38-19-39-29(24)22-5-3-20(4-6-22)28(30(36)41)21-7-9-23(10-8-21)32(33,34)35/h3-10,13-14,19,28,37H,2,11-12,15-18H2,1H3,(H2,36,41). The number of nitrogens with two attached hydrogens (primary N) is 1. The number of carbonyl (C=O) groups is 1. The number of hydrogen-bond acceptors (Lipinski definition) is 7. The molecule has 0 aliphatic carbocycles. The zero-order chi connectivity index (χ0) is 30.2. The van der Waals surface area contributed by atoms with Gasteiger partial charge >= 0.3 is 6.18 Å². The Morgan fingerprint density at radius 2 is 1.70 bits per heavy atom. The van der Waals surface area contributed by atoms with Crippen LogP contribution in [-0.2, 0) is 11.0 Å². The molecule has 1 amide bonds. The minimum Gasteiger partial charge on any atom is -0.493 e. The van der Waals surface area contributed by atoms with Gasteiger partial charge in [0, 0.05) is 55.2 Å². The lowest BCUT2D eigenvalue weighted by Crippen LogP contribution is -2.71. The fourth-order valence-corrected chi connectivity index (χ4v) is 6.02. The molecule has 1 spiro atoms. The Morgan fingerprint density at radius 1 is 1.02 bits per heavy atom. The molecule has 3 aromatic carbocycles. The van der Waals surface area contributed by atoms with Gasteiger partial charge in [-0.1, -0.05) is 36.4 Å². The lowest BCUT2D eigenvalue weighted by atomic mass is 9.74. The van der Waals surface area contributed by atoms with Crippen LogP contribution >= 0.6 is 0 Å². The molecule has 2 fully saturated rings. The number of amides is 1. The Labute approximate surface area is 247 Å². The largest absolute Gasteiger partial charge is 0.493 e. The summed E-state index contributed by atoms with van der Waals surface area (Å²) in [7, 11) is 1.59. The molecule has 2 aliphatic rings. The van der Waals surface area contributed by atoms with E-state index in [2.05, 4.69) is 20.2 Å². The molecule has 0 bridgehead atoms. The Balaban J connectivity index is 1.18. The number of benzene rings is 3. The van der Waals surface area contributed by atoms with Crippen LogP contribution in [0.5, 0.6) is 11.5 Å². The Morgan fingerprint density at radius 3 is 2.28 bits per heavy atom. The molecule has 2 aliphatic heterocycles. The van der Waals surface area contributed by atoms with Gasteiger partial charge in [-0.3, -0.25) is 4.79 Å². The second-order valence-corrected chi connectivity index (χ2v) is 11.3. The number of likely N-dealkylation sites (tertiary alicyclic amines) is 1. The van der Waals surface area contributed by atoms with Crippen LogP contribution in [0.1, 0.15) is 29.0 Å². The van der Waals surface area contributed by atoms with Crippen molar-refractivity contribution in [1.82, 2.24) is 20.2 Å². The van der Waals surface area contributed by atoms with Gasteiger partial charge in [-0.2, -0.15) is 13.2 Å². The zero-order valence-electron chi connectivity index (χ0n) is 23.7. The van der Waals surface area contributed by atoms with Crippen LogP contribution in [0.2, 0.25) is 0 Å². The molecule has 1 unspecified atom stereocenters. The summed E-state index contributed by atoms with van der Waals surface area (Å²) >= 11 is 0.